The molecule has 0 unspecified atom stereocenters. The Morgan fingerprint density at radius 1 is 0.821 bits per heavy atom. The lowest BCUT2D eigenvalue weighted by Gasteiger charge is -2.23. The van der Waals surface area contributed by atoms with Crippen LogP contribution in [0.2, 0.25) is 0 Å². The SMILES string of the molecule is Cc1cc(Br)c2c(c1NC(=O)Nc1ccccc1)C(=O)c1ccccc1C2=O. The lowest BCUT2D eigenvalue weighted by molar-refractivity contribution is 0.0979. The number of rotatable bonds is 2. The lowest BCUT2D eigenvalue weighted by atomic mass is 9.82. The van der Waals surface area contributed by atoms with E-state index < -0.39 is 6.03 Å². The Morgan fingerprint density at radius 2 is 1.39 bits per heavy atom. The van der Waals surface area contributed by atoms with Gasteiger partial charge in [0.2, 0.25) is 0 Å². The smallest absolute Gasteiger partial charge is 0.308 e. The molecular weight excluding hydrogens is 420 g/mol. The summed E-state index contributed by atoms with van der Waals surface area (Å²) < 4.78 is 0.530. The first kappa shape index (κ1) is 18.1. The molecule has 28 heavy (non-hydrogen) atoms. The molecule has 6 heteroatoms. The third-order valence-corrected chi connectivity index (χ3v) is 5.24. The van der Waals surface area contributed by atoms with Crippen LogP contribution < -0.4 is 10.6 Å². The van der Waals surface area contributed by atoms with Crippen molar-refractivity contribution >= 4 is 44.9 Å². The Hall–Kier alpha value is -3.25. The number of fused-ring (bicyclic) bond motifs is 2. The quantitative estimate of drug-likeness (QED) is 0.456. The van der Waals surface area contributed by atoms with E-state index in [-0.39, 0.29) is 22.7 Å². The first-order valence-corrected chi connectivity index (χ1v) is 9.41. The second kappa shape index (κ2) is 7.05. The zero-order valence-electron chi connectivity index (χ0n) is 14.9. The summed E-state index contributed by atoms with van der Waals surface area (Å²) in [5.74, 6) is -0.534. The topological polar surface area (TPSA) is 75.3 Å². The minimum Gasteiger partial charge on any atom is -0.308 e. The Kier molecular flexibility index (Phi) is 4.57. The minimum atomic E-state index is -0.488. The number of ketones is 2. The number of para-hydroxylation sites is 1. The maximum Gasteiger partial charge on any atom is 0.323 e. The van der Waals surface area contributed by atoms with Crippen LogP contribution in [0.1, 0.15) is 37.4 Å². The van der Waals surface area contributed by atoms with Crippen molar-refractivity contribution in [3.05, 3.63) is 93.0 Å². The van der Waals surface area contributed by atoms with Gasteiger partial charge in [0.15, 0.2) is 11.6 Å². The normalized spacial score (nSPS) is 12.2. The minimum absolute atomic E-state index is 0.207. The van der Waals surface area contributed by atoms with Gasteiger partial charge < -0.3 is 10.6 Å². The summed E-state index contributed by atoms with van der Waals surface area (Å²) in [6, 6.07) is 16.9. The van der Waals surface area contributed by atoms with Crippen LogP contribution >= 0.6 is 15.9 Å². The maximum absolute atomic E-state index is 13.2. The molecule has 5 nitrogen and oxygen atoms in total. The summed E-state index contributed by atoms with van der Waals surface area (Å²) in [5.41, 5.74) is 2.81. The van der Waals surface area contributed by atoms with Crippen LogP contribution in [0.15, 0.2) is 65.1 Å². The molecular formula is C22H15BrN2O3. The van der Waals surface area contributed by atoms with Crippen LogP contribution in [-0.4, -0.2) is 17.6 Å². The number of hydrogen-bond acceptors (Lipinski definition) is 3. The van der Waals surface area contributed by atoms with Gasteiger partial charge >= 0.3 is 6.03 Å². The van der Waals surface area contributed by atoms with Gasteiger partial charge in [-0.2, -0.15) is 0 Å². The standard InChI is InChI=1S/C22H15BrN2O3/c1-12-11-16(23)17-18(21(27)15-10-6-5-9-14(15)20(17)26)19(12)25-22(28)24-13-7-3-2-4-8-13/h2-11H,1H3,(H2,24,25,28). The van der Waals surface area contributed by atoms with E-state index in [0.717, 1.165) is 0 Å². The number of hydrogen-bond donors (Lipinski definition) is 2. The van der Waals surface area contributed by atoms with Crippen molar-refractivity contribution in [1.82, 2.24) is 0 Å². The molecule has 3 aromatic carbocycles. The summed E-state index contributed by atoms with van der Waals surface area (Å²) in [6.45, 7) is 1.78. The van der Waals surface area contributed by atoms with Crippen LogP contribution in [0, 0.1) is 6.92 Å². The highest BCUT2D eigenvalue weighted by Crippen LogP contribution is 2.38. The number of anilines is 2. The lowest BCUT2D eigenvalue weighted by Crippen LogP contribution is -2.27. The monoisotopic (exact) mass is 434 g/mol. The molecule has 1 aliphatic carbocycles. The van der Waals surface area contributed by atoms with Crippen molar-refractivity contribution in [2.24, 2.45) is 0 Å². The molecule has 0 bridgehead atoms. The summed E-state index contributed by atoms with van der Waals surface area (Å²) >= 11 is 3.41. The Balaban J connectivity index is 1.78. The van der Waals surface area contributed by atoms with Crippen molar-refractivity contribution in [1.29, 1.82) is 0 Å². The first-order valence-electron chi connectivity index (χ1n) is 8.62. The molecule has 0 fully saturated rings. The van der Waals surface area contributed by atoms with Crippen molar-refractivity contribution in [2.45, 2.75) is 6.92 Å². The molecule has 0 radical (unpaired) electrons. The van der Waals surface area contributed by atoms with Crippen molar-refractivity contribution < 1.29 is 14.4 Å². The highest BCUT2D eigenvalue weighted by Gasteiger charge is 2.34. The van der Waals surface area contributed by atoms with E-state index in [9.17, 15) is 14.4 Å². The van der Waals surface area contributed by atoms with E-state index in [1.165, 1.54) is 0 Å². The van der Waals surface area contributed by atoms with Gasteiger partial charge in [0, 0.05) is 21.3 Å². The molecule has 0 saturated carbocycles. The summed E-state index contributed by atoms with van der Waals surface area (Å²) in [5, 5.41) is 5.48. The second-order valence-corrected chi connectivity index (χ2v) is 7.30. The predicted octanol–water partition coefficient (Wildman–Crippen LogP) is 5.18. The number of aryl methyl sites for hydroxylation is 1. The summed E-state index contributed by atoms with van der Waals surface area (Å²) in [6.07, 6.45) is 0. The molecule has 0 atom stereocenters. The fraction of sp³-hybridized carbons (Fsp3) is 0.0455. The van der Waals surface area contributed by atoms with Gasteiger partial charge in [-0.25, -0.2) is 4.79 Å². The zero-order valence-corrected chi connectivity index (χ0v) is 16.5. The van der Waals surface area contributed by atoms with Crippen molar-refractivity contribution in [3.63, 3.8) is 0 Å². The van der Waals surface area contributed by atoms with Crippen LogP contribution in [0.4, 0.5) is 16.2 Å². The number of benzene rings is 3. The largest absolute Gasteiger partial charge is 0.323 e. The molecule has 0 saturated heterocycles. The molecule has 2 amide bonds. The number of carbonyl (C=O) groups is 3. The molecule has 0 spiro atoms. The molecule has 0 aromatic heterocycles. The van der Waals surface area contributed by atoms with E-state index in [2.05, 4.69) is 26.6 Å². The van der Waals surface area contributed by atoms with E-state index in [4.69, 9.17) is 0 Å². The van der Waals surface area contributed by atoms with Crippen LogP contribution in [-0.2, 0) is 0 Å². The average molecular weight is 435 g/mol. The number of urea groups is 1. The van der Waals surface area contributed by atoms with Gasteiger partial charge in [-0.15, -0.1) is 0 Å². The van der Waals surface area contributed by atoms with Crippen molar-refractivity contribution in [2.75, 3.05) is 10.6 Å². The first-order chi connectivity index (χ1) is 13.5. The van der Waals surface area contributed by atoms with Crippen molar-refractivity contribution in [3.8, 4) is 0 Å². The van der Waals surface area contributed by atoms with Gasteiger partial charge in [-0.3, -0.25) is 9.59 Å². The third kappa shape index (κ3) is 3.01. The Morgan fingerprint density at radius 3 is 2.04 bits per heavy atom. The second-order valence-electron chi connectivity index (χ2n) is 6.45. The number of amides is 2. The van der Waals surface area contributed by atoms with E-state index in [1.54, 1.807) is 49.4 Å². The van der Waals surface area contributed by atoms with Gasteiger partial charge in [0.1, 0.15) is 0 Å². The molecule has 0 heterocycles. The number of nitrogens with one attached hydrogen (secondary N) is 2. The molecule has 3 aromatic rings. The Labute approximate surface area is 169 Å². The number of halogens is 1. The highest BCUT2D eigenvalue weighted by atomic mass is 79.9. The predicted molar refractivity (Wildman–Crippen MR) is 111 cm³/mol. The fourth-order valence-electron chi connectivity index (χ4n) is 3.33. The van der Waals surface area contributed by atoms with E-state index in [0.29, 0.717) is 32.5 Å². The zero-order chi connectivity index (χ0) is 19.8. The van der Waals surface area contributed by atoms with Crippen LogP contribution in [0.25, 0.3) is 0 Å². The number of carbonyl (C=O) groups excluding carboxylic acids is 3. The van der Waals surface area contributed by atoms with Gasteiger partial charge in [0.05, 0.1) is 16.8 Å². The molecule has 138 valence electrons. The maximum atomic E-state index is 13.2. The molecule has 1 aliphatic rings. The van der Waals surface area contributed by atoms with Gasteiger partial charge in [-0.05, 0) is 46.6 Å². The summed E-state index contributed by atoms with van der Waals surface area (Å²) in [7, 11) is 0. The van der Waals surface area contributed by atoms with Gasteiger partial charge in [0.25, 0.3) is 0 Å². The fourth-order valence-corrected chi connectivity index (χ4v) is 4.05. The average Bonchev–Trinajstić information content (AvgIpc) is 2.69. The Bertz CT molecular complexity index is 1140. The van der Waals surface area contributed by atoms with Crippen LogP contribution in [0.3, 0.4) is 0 Å². The van der Waals surface area contributed by atoms with Gasteiger partial charge in [-0.1, -0.05) is 42.5 Å². The van der Waals surface area contributed by atoms with Crippen LogP contribution in [0.5, 0.6) is 0 Å². The molecule has 4 rings (SSSR count). The molecule has 2 N–H and O–H groups in total. The summed E-state index contributed by atoms with van der Waals surface area (Å²) in [4.78, 5) is 38.7. The highest BCUT2D eigenvalue weighted by molar-refractivity contribution is 9.10. The van der Waals surface area contributed by atoms with E-state index >= 15 is 0 Å². The third-order valence-electron chi connectivity index (χ3n) is 4.62. The van der Waals surface area contributed by atoms with E-state index in [1.807, 2.05) is 18.2 Å². The molecule has 0 aliphatic heterocycles.